The van der Waals surface area contributed by atoms with Gasteiger partial charge in [0.2, 0.25) is 0 Å². The highest BCUT2D eigenvalue weighted by molar-refractivity contribution is 6.60. The Hall–Kier alpha value is -0.813. The van der Waals surface area contributed by atoms with Crippen LogP contribution in [0, 0.1) is 0 Å². The summed E-state index contributed by atoms with van der Waals surface area (Å²) >= 11 is 0. The van der Waals surface area contributed by atoms with Gasteiger partial charge in [-0.05, 0) is 34.1 Å². The maximum absolute atomic E-state index is 14.0. The van der Waals surface area contributed by atoms with E-state index in [1.807, 2.05) is 0 Å². The molecule has 0 aromatic carbocycles. The highest BCUT2D eigenvalue weighted by Gasteiger charge is 2.90. The van der Waals surface area contributed by atoms with Crippen LogP contribution in [0.2, 0.25) is 6.04 Å². The Morgan fingerprint density at radius 2 is 0.971 bits per heavy atom. The molecule has 206 valence electrons. The van der Waals surface area contributed by atoms with Crippen LogP contribution in [0.3, 0.4) is 0 Å². The van der Waals surface area contributed by atoms with E-state index in [0.29, 0.717) is 0 Å². The van der Waals surface area contributed by atoms with Crippen molar-refractivity contribution in [1.82, 2.24) is 0 Å². The maximum atomic E-state index is 14.0. The van der Waals surface area contributed by atoms with Crippen LogP contribution in [0.1, 0.15) is 40.5 Å². The molecule has 0 amide bonds. The second-order valence-corrected chi connectivity index (χ2v) is 9.81. The van der Waals surface area contributed by atoms with Crippen molar-refractivity contribution >= 4 is 8.80 Å². The van der Waals surface area contributed by atoms with E-state index in [1.165, 1.54) is 20.8 Å². The first-order valence-electron chi connectivity index (χ1n) is 9.91. The van der Waals surface area contributed by atoms with E-state index in [9.17, 15) is 57.1 Å². The first-order valence-corrected chi connectivity index (χ1v) is 11.8. The zero-order chi connectivity index (χ0) is 27.4. The van der Waals surface area contributed by atoms with Crippen LogP contribution in [0.5, 0.6) is 0 Å². The van der Waals surface area contributed by atoms with Gasteiger partial charge in [-0.3, -0.25) is 0 Å². The molecule has 0 fully saturated rings. The molecule has 1 atom stereocenters. The van der Waals surface area contributed by atoms with Crippen molar-refractivity contribution < 1.29 is 70.4 Å². The standard InChI is InChI=1S/C17H25F13O3Si/c1-5-31-34(32-6-2,33-7-3)10-8-9-12(19,20)14(23,24)16(27,28)17(29,30)15(25,26)13(21,22)11(4)18/h11H,5-10H2,1-4H3. The normalized spacial score (nSPS) is 16.1. The van der Waals surface area contributed by atoms with Crippen molar-refractivity contribution in [3.05, 3.63) is 0 Å². The Morgan fingerprint density at radius 1 is 0.618 bits per heavy atom. The summed E-state index contributed by atoms with van der Waals surface area (Å²) < 4.78 is 192. The van der Waals surface area contributed by atoms with E-state index in [4.69, 9.17) is 13.3 Å². The quantitative estimate of drug-likeness (QED) is 0.153. The second-order valence-electron chi connectivity index (χ2n) is 7.08. The lowest BCUT2D eigenvalue weighted by atomic mass is 9.89. The minimum absolute atomic E-state index is 0.0979. The monoisotopic (exact) mass is 552 g/mol. The average molecular weight is 552 g/mol. The van der Waals surface area contributed by atoms with Crippen molar-refractivity contribution in [3.63, 3.8) is 0 Å². The predicted molar refractivity (Wildman–Crippen MR) is 94.9 cm³/mol. The molecule has 0 aliphatic heterocycles. The van der Waals surface area contributed by atoms with Crippen LogP contribution in [0.15, 0.2) is 0 Å². The molecule has 0 aliphatic carbocycles. The minimum atomic E-state index is -7.78. The molecule has 0 aliphatic rings. The number of hydrogen-bond acceptors (Lipinski definition) is 3. The summed E-state index contributed by atoms with van der Waals surface area (Å²) in [5, 5.41) is 0. The zero-order valence-corrected chi connectivity index (χ0v) is 19.5. The summed E-state index contributed by atoms with van der Waals surface area (Å²) in [7, 11) is -3.78. The van der Waals surface area contributed by atoms with Gasteiger partial charge >= 0.3 is 44.3 Å². The lowest BCUT2D eigenvalue weighted by Crippen LogP contribution is -2.71. The van der Waals surface area contributed by atoms with Gasteiger partial charge < -0.3 is 13.3 Å². The van der Waals surface area contributed by atoms with Crippen LogP contribution in [-0.2, 0) is 13.3 Å². The Morgan fingerprint density at radius 3 is 1.29 bits per heavy atom. The first kappa shape index (κ1) is 33.2. The molecule has 0 spiro atoms. The Labute approximate surface area is 188 Å². The number of alkyl halides is 13. The second kappa shape index (κ2) is 11.1. The smallest absolute Gasteiger partial charge is 0.374 e. The molecule has 0 aromatic heterocycles. The third-order valence-electron chi connectivity index (χ3n) is 4.63. The summed E-state index contributed by atoms with van der Waals surface area (Å²) in [6, 6.07) is -0.677. The molecule has 0 saturated heterocycles. The van der Waals surface area contributed by atoms with E-state index in [2.05, 4.69) is 0 Å². The third-order valence-corrected chi connectivity index (χ3v) is 7.78. The Kier molecular flexibility index (Phi) is 10.8. The minimum Gasteiger partial charge on any atom is -0.374 e. The molecule has 0 rings (SSSR count). The summed E-state index contributed by atoms with van der Waals surface area (Å²) in [6.45, 7) is 3.57. The van der Waals surface area contributed by atoms with E-state index in [-0.39, 0.29) is 19.8 Å². The van der Waals surface area contributed by atoms with Gasteiger partial charge in [0, 0.05) is 32.3 Å². The van der Waals surface area contributed by atoms with Gasteiger partial charge in [0.25, 0.3) is 0 Å². The van der Waals surface area contributed by atoms with E-state index < -0.39 is 76.3 Å². The average Bonchev–Trinajstić information content (AvgIpc) is 2.67. The van der Waals surface area contributed by atoms with Crippen LogP contribution in [0.4, 0.5) is 57.1 Å². The fourth-order valence-electron chi connectivity index (χ4n) is 2.77. The van der Waals surface area contributed by atoms with E-state index in [0.717, 1.165) is 0 Å². The van der Waals surface area contributed by atoms with Crippen molar-refractivity contribution in [2.24, 2.45) is 0 Å². The van der Waals surface area contributed by atoms with Crippen molar-refractivity contribution in [2.45, 2.75) is 88.3 Å². The molecule has 1 unspecified atom stereocenters. The highest BCUT2D eigenvalue weighted by Crippen LogP contribution is 2.61. The molecule has 0 saturated carbocycles. The van der Waals surface area contributed by atoms with Gasteiger partial charge in [-0.15, -0.1) is 0 Å². The number of rotatable bonds is 16. The van der Waals surface area contributed by atoms with Gasteiger partial charge in [0.15, 0.2) is 6.17 Å². The molecule has 0 radical (unpaired) electrons. The number of halogens is 13. The molecule has 0 bridgehead atoms. The van der Waals surface area contributed by atoms with E-state index in [1.54, 1.807) is 0 Å². The van der Waals surface area contributed by atoms with Crippen molar-refractivity contribution in [3.8, 4) is 0 Å². The maximum Gasteiger partial charge on any atom is 0.500 e. The van der Waals surface area contributed by atoms with Gasteiger partial charge in [-0.2, -0.15) is 52.7 Å². The number of hydrogen-bond donors (Lipinski definition) is 0. The molecule has 17 heteroatoms. The molecular formula is C17H25F13O3Si. The summed E-state index contributed by atoms with van der Waals surface area (Å²) in [5.74, 6) is -42.9. The predicted octanol–water partition coefficient (Wildman–Crippen LogP) is 6.98. The van der Waals surface area contributed by atoms with Crippen molar-refractivity contribution in [2.75, 3.05) is 19.8 Å². The van der Waals surface area contributed by atoms with Gasteiger partial charge in [0.1, 0.15) is 0 Å². The van der Waals surface area contributed by atoms with Gasteiger partial charge in [-0.25, -0.2) is 4.39 Å². The van der Waals surface area contributed by atoms with Crippen LogP contribution in [-0.4, -0.2) is 70.3 Å². The summed E-state index contributed by atoms with van der Waals surface area (Å²) in [4.78, 5) is 0. The summed E-state index contributed by atoms with van der Waals surface area (Å²) in [6.07, 6.45) is -7.65. The molecule has 0 aromatic rings. The van der Waals surface area contributed by atoms with Crippen LogP contribution >= 0.6 is 0 Å². The Balaban J connectivity index is 6.01. The molecular weight excluding hydrogens is 527 g/mol. The largest absolute Gasteiger partial charge is 0.500 e. The van der Waals surface area contributed by atoms with Crippen LogP contribution < -0.4 is 0 Å². The fourth-order valence-corrected chi connectivity index (χ4v) is 5.38. The molecule has 3 nitrogen and oxygen atoms in total. The Bertz CT molecular complexity index is 627. The fraction of sp³-hybridized carbons (Fsp3) is 1.00. The third kappa shape index (κ3) is 5.77. The molecule has 34 heavy (non-hydrogen) atoms. The highest BCUT2D eigenvalue weighted by atomic mass is 28.4. The lowest BCUT2D eigenvalue weighted by molar-refractivity contribution is -0.428. The van der Waals surface area contributed by atoms with Gasteiger partial charge in [0.05, 0.1) is 0 Å². The van der Waals surface area contributed by atoms with Crippen molar-refractivity contribution in [1.29, 1.82) is 0 Å². The molecule has 0 N–H and O–H groups in total. The lowest BCUT2D eigenvalue weighted by Gasteiger charge is -2.41. The summed E-state index contributed by atoms with van der Waals surface area (Å²) in [5.41, 5.74) is 0. The molecule has 0 heterocycles. The first-order chi connectivity index (χ1) is 15.1. The van der Waals surface area contributed by atoms with Crippen LogP contribution in [0.25, 0.3) is 0 Å². The zero-order valence-electron chi connectivity index (χ0n) is 18.5. The topological polar surface area (TPSA) is 27.7 Å². The van der Waals surface area contributed by atoms with E-state index >= 15 is 0 Å². The SMILES string of the molecule is CCO[Si](CCCC(F)(F)C(F)(F)C(F)(F)C(F)(F)C(F)(F)C(F)(F)C(C)F)(OCC)OCC. The van der Waals surface area contributed by atoms with Gasteiger partial charge in [-0.1, -0.05) is 0 Å².